The lowest BCUT2D eigenvalue weighted by Gasteiger charge is -1.96. The summed E-state index contributed by atoms with van der Waals surface area (Å²) in [5.74, 6) is -0.960. The molecule has 0 aliphatic heterocycles. The number of benzene rings is 1. The SMILES string of the molecule is Cc1ccc(C(=O)O)c2nsnc12. The monoisotopic (exact) mass is 194 g/mol. The molecule has 0 radical (unpaired) electrons. The van der Waals surface area contributed by atoms with Gasteiger partial charge in [-0.2, -0.15) is 8.75 Å². The first-order valence-electron chi connectivity index (χ1n) is 3.65. The summed E-state index contributed by atoms with van der Waals surface area (Å²) < 4.78 is 7.98. The van der Waals surface area contributed by atoms with Crippen LogP contribution in [0, 0.1) is 6.92 Å². The average molecular weight is 194 g/mol. The van der Waals surface area contributed by atoms with E-state index in [-0.39, 0.29) is 5.56 Å². The summed E-state index contributed by atoms with van der Waals surface area (Å²) in [6.07, 6.45) is 0. The molecule has 66 valence electrons. The molecular weight excluding hydrogens is 188 g/mol. The summed E-state index contributed by atoms with van der Waals surface area (Å²) in [5.41, 5.74) is 2.34. The van der Waals surface area contributed by atoms with Gasteiger partial charge in [-0.25, -0.2) is 4.79 Å². The number of hydrogen-bond acceptors (Lipinski definition) is 4. The summed E-state index contributed by atoms with van der Waals surface area (Å²) >= 11 is 1.04. The van der Waals surface area contributed by atoms with E-state index < -0.39 is 5.97 Å². The molecule has 0 fully saturated rings. The van der Waals surface area contributed by atoms with Crippen molar-refractivity contribution in [3.8, 4) is 0 Å². The highest BCUT2D eigenvalue weighted by molar-refractivity contribution is 7.00. The minimum absolute atomic E-state index is 0.217. The number of carboxylic acids is 1. The van der Waals surface area contributed by atoms with Gasteiger partial charge < -0.3 is 5.11 Å². The van der Waals surface area contributed by atoms with Crippen LogP contribution in [0.1, 0.15) is 15.9 Å². The van der Waals surface area contributed by atoms with E-state index in [4.69, 9.17) is 5.11 Å². The first kappa shape index (κ1) is 8.12. The van der Waals surface area contributed by atoms with E-state index in [0.29, 0.717) is 11.0 Å². The lowest BCUT2D eigenvalue weighted by molar-refractivity contribution is 0.0699. The second kappa shape index (κ2) is 2.77. The highest BCUT2D eigenvalue weighted by atomic mass is 32.1. The first-order chi connectivity index (χ1) is 6.20. The van der Waals surface area contributed by atoms with Crippen LogP contribution in [-0.4, -0.2) is 19.8 Å². The second-order valence-electron chi connectivity index (χ2n) is 2.70. The average Bonchev–Trinajstić information content (AvgIpc) is 2.53. The topological polar surface area (TPSA) is 63.1 Å². The molecule has 1 aromatic heterocycles. The summed E-state index contributed by atoms with van der Waals surface area (Å²) in [6, 6.07) is 3.30. The number of aromatic carboxylic acids is 1. The molecule has 1 N–H and O–H groups in total. The fraction of sp³-hybridized carbons (Fsp3) is 0.125. The number of rotatable bonds is 1. The molecule has 13 heavy (non-hydrogen) atoms. The Hall–Kier alpha value is -1.49. The highest BCUT2D eigenvalue weighted by Crippen LogP contribution is 2.20. The van der Waals surface area contributed by atoms with Crippen molar-refractivity contribution in [2.24, 2.45) is 0 Å². The molecular formula is C8H6N2O2S. The van der Waals surface area contributed by atoms with Gasteiger partial charge in [-0.1, -0.05) is 6.07 Å². The Bertz CT molecular complexity index is 478. The van der Waals surface area contributed by atoms with Crippen LogP contribution < -0.4 is 0 Å². The standard InChI is InChI=1S/C8H6N2O2S/c1-4-2-3-5(8(11)12)7-6(4)9-13-10-7/h2-3H,1H3,(H,11,12). The van der Waals surface area contributed by atoms with E-state index in [9.17, 15) is 4.79 Å². The summed E-state index contributed by atoms with van der Waals surface area (Å²) in [7, 11) is 0. The van der Waals surface area contributed by atoms with Gasteiger partial charge in [-0.15, -0.1) is 0 Å². The van der Waals surface area contributed by atoms with Crippen LogP contribution >= 0.6 is 11.7 Å². The van der Waals surface area contributed by atoms with Gasteiger partial charge in [-0.3, -0.25) is 0 Å². The smallest absolute Gasteiger partial charge is 0.338 e. The predicted octanol–water partition coefficient (Wildman–Crippen LogP) is 1.70. The maximum atomic E-state index is 10.8. The zero-order valence-corrected chi connectivity index (χ0v) is 7.63. The molecule has 0 bridgehead atoms. The molecule has 4 nitrogen and oxygen atoms in total. The molecule has 0 aliphatic rings. The normalized spacial score (nSPS) is 10.5. The number of fused-ring (bicyclic) bond motifs is 1. The van der Waals surface area contributed by atoms with Gasteiger partial charge in [0, 0.05) is 0 Å². The Balaban J connectivity index is 2.86. The van der Waals surface area contributed by atoms with Crippen molar-refractivity contribution in [1.29, 1.82) is 0 Å². The van der Waals surface area contributed by atoms with Crippen LogP contribution in [-0.2, 0) is 0 Å². The summed E-state index contributed by atoms with van der Waals surface area (Å²) in [6.45, 7) is 1.88. The molecule has 0 spiro atoms. The lowest BCUT2D eigenvalue weighted by atomic mass is 10.1. The molecule has 1 heterocycles. The van der Waals surface area contributed by atoms with Crippen molar-refractivity contribution in [2.45, 2.75) is 6.92 Å². The van der Waals surface area contributed by atoms with Crippen molar-refractivity contribution in [1.82, 2.24) is 8.75 Å². The third-order valence-corrected chi connectivity index (χ3v) is 2.38. The molecule has 0 unspecified atom stereocenters. The molecule has 0 saturated heterocycles. The summed E-state index contributed by atoms with van der Waals surface area (Å²) in [5, 5.41) is 8.83. The first-order valence-corrected chi connectivity index (χ1v) is 4.38. The van der Waals surface area contributed by atoms with E-state index in [2.05, 4.69) is 8.75 Å². The van der Waals surface area contributed by atoms with Crippen molar-refractivity contribution < 1.29 is 9.90 Å². The molecule has 0 amide bonds. The number of carboxylic acid groups (broad SMARTS) is 1. The molecule has 2 rings (SSSR count). The zero-order valence-electron chi connectivity index (χ0n) is 6.81. The quantitative estimate of drug-likeness (QED) is 0.750. The van der Waals surface area contributed by atoms with Gasteiger partial charge in [0.2, 0.25) is 0 Å². The third kappa shape index (κ3) is 1.17. The van der Waals surface area contributed by atoms with Crippen LogP contribution in [0.2, 0.25) is 0 Å². The minimum Gasteiger partial charge on any atom is -0.478 e. The Morgan fingerprint density at radius 3 is 2.77 bits per heavy atom. The highest BCUT2D eigenvalue weighted by Gasteiger charge is 2.12. The van der Waals surface area contributed by atoms with E-state index in [0.717, 1.165) is 17.3 Å². The van der Waals surface area contributed by atoms with E-state index in [1.165, 1.54) is 0 Å². The Morgan fingerprint density at radius 1 is 1.38 bits per heavy atom. The maximum Gasteiger partial charge on any atom is 0.338 e. The van der Waals surface area contributed by atoms with Gasteiger partial charge in [-0.05, 0) is 18.6 Å². The van der Waals surface area contributed by atoms with E-state index >= 15 is 0 Å². The number of aryl methyl sites for hydroxylation is 1. The minimum atomic E-state index is -0.960. The lowest BCUT2D eigenvalue weighted by Crippen LogP contribution is -1.97. The number of nitrogens with zero attached hydrogens (tertiary/aromatic N) is 2. The molecule has 2 aromatic rings. The van der Waals surface area contributed by atoms with E-state index in [1.807, 2.05) is 6.92 Å². The van der Waals surface area contributed by atoms with Gasteiger partial charge in [0.25, 0.3) is 0 Å². The van der Waals surface area contributed by atoms with Crippen LogP contribution in [0.4, 0.5) is 0 Å². The molecule has 0 atom stereocenters. The Kier molecular flexibility index (Phi) is 1.73. The molecule has 0 aliphatic carbocycles. The van der Waals surface area contributed by atoms with Crippen LogP contribution in [0.5, 0.6) is 0 Å². The van der Waals surface area contributed by atoms with Crippen molar-refractivity contribution in [2.75, 3.05) is 0 Å². The molecule has 5 heteroatoms. The van der Waals surface area contributed by atoms with Crippen molar-refractivity contribution in [3.63, 3.8) is 0 Å². The Labute approximate surface area is 78.2 Å². The van der Waals surface area contributed by atoms with Crippen LogP contribution in [0.15, 0.2) is 12.1 Å². The summed E-state index contributed by atoms with van der Waals surface area (Å²) in [4.78, 5) is 10.8. The Morgan fingerprint density at radius 2 is 2.08 bits per heavy atom. The van der Waals surface area contributed by atoms with Crippen molar-refractivity contribution in [3.05, 3.63) is 23.3 Å². The maximum absolute atomic E-state index is 10.8. The third-order valence-electron chi connectivity index (χ3n) is 1.85. The largest absolute Gasteiger partial charge is 0.478 e. The fourth-order valence-electron chi connectivity index (χ4n) is 1.16. The van der Waals surface area contributed by atoms with E-state index in [1.54, 1.807) is 12.1 Å². The number of aromatic nitrogens is 2. The van der Waals surface area contributed by atoms with Crippen LogP contribution in [0.25, 0.3) is 11.0 Å². The number of hydrogen-bond donors (Lipinski definition) is 1. The molecule has 1 aromatic carbocycles. The van der Waals surface area contributed by atoms with Crippen LogP contribution in [0.3, 0.4) is 0 Å². The van der Waals surface area contributed by atoms with Gasteiger partial charge in [0.15, 0.2) is 0 Å². The van der Waals surface area contributed by atoms with Crippen molar-refractivity contribution >= 4 is 28.7 Å². The zero-order chi connectivity index (χ0) is 9.42. The fourth-order valence-corrected chi connectivity index (χ4v) is 1.78. The van der Waals surface area contributed by atoms with Gasteiger partial charge in [0.05, 0.1) is 17.3 Å². The molecule has 0 saturated carbocycles. The number of carbonyl (C=O) groups is 1. The predicted molar refractivity (Wildman–Crippen MR) is 49.1 cm³/mol. The second-order valence-corrected chi connectivity index (χ2v) is 3.23. The van der Waals surface area contributed by atoms with Gasteiger partial charge in [0.1, 0.15) is 11.0 Å². The van der Waals surface area contributed by atoms with Gasteiger partial charge >= 0.3 is 5.97 Å².